The Bertz CT molecular complexity index is 427. The normalized spacial score (nSPS) is 16.7. The molecule has 1 aromatic heterocycles. The van der Waals surface area contributed by atoms with Crippen molar-refractivity contribution >= 4 is 17.2 Å². The fraction of sp³-hybridized carbons (Fsp3) is 0.688. The van der Waals surface area contributed by atoms with E-state index >= 15 is 0 Å². The molecule has 1 aliphatic rings. The van der Waals surface area contributed by atoms with Gasteiger partial charge in [0.2, 0.25) is 0 Å². The second-order valence-corrected chi connectivity index (χ2v) is 6.75. The highest BCUT2D eigenvalue weighted by Gasteiger charge is 2.18. The second kappa shape index (κ2) is 8.51. The maximum atomic E-state index is 12.4. The summed E-state index contributed by atoms with van der Waals surface area (Å²) in [6, 6.07) is 1.93. The Kier molecular flexibility index (Phi) is 6.67. The van der Waals surface area contributed by atoms with E-state index in [0.717, 1.165) is 17.7 Å². The van der Waals surface area contributed by atoms with E-state index in [1.165, 1.54) is 36.1 Å². The summed E-state index contributed by atoms with van der Waals surface area (Å²) in [5.41, 5.74) is 1.36. The van der Waals surface area contributed by atoms with E-state index < -0.39 is 0 Å². The Morgan fingerprint density at radius 3 is 2.86 bits per heavy atom. The molecule has 2 N–H and O–H groups in total. The summed E-state index contributed by atoms with van der Waals surface area (Å²) in [6.45, 7) is 0.479. The molecule has 0 bridgehead atoms. The number of amides is 1. The van der Waals surface area contributed by atoms with Crippen LogP contribution in [0.5, 0.6) is 0 Å². The first kappa shape index (κ1) is 16.5. The molecule has 2 rings (SSSR count). The highest BCUT2D eigenvalue weighted by molar-refractivity contribution is 7.14. The van der Waals surface area contributed by atoms with Crippen molar-refractivity contribution in [1.82, 2.24) is 5.32 Å². The summed E-state index contributed by atoms with van der Waals surface area (Å²) in [6.07, 6.45) is 7.76. The lowest BCUT2D eigenvalue weighted by atomic mass is 10.00. The fourth-order valence-corrected chi connectivity index (χ4v) is 3.92. The molecule has 0 aliphatic heterocycles. The lowest BCUT2D eigenvalue weighted by molar-refractivity contribution is 0.0882. The van der Waals surface area contributed by atoms with E-state index in [2.05, 4.69) is 11.4 Å². The number of hydrogen-bond donors (Lipinski definition) is 2. The number of aliphatic hydroxyl groups is 1. The van der Waals surface area contributed by atoms with Gasteiger partial charge in [-0.15, -0.1) is 11.3 Å². The lowest BCUT2D eigenvalue weighted by Gasteiger charge is -2.16. The summed E-state index contributed by atoms with van der Waals surface area (Å²) >= 11 is 1.63. The zero-order chi connectivity index (χ0) is 15.1. The third-order valence-corrected chi connectivity index (χ3v) is 5.14. The van der Waals surface area contributed by atoms with Crippen LogP contribution < -0.4 is 5.32 Å². The first-order chi connectivity index (χ1) is 10.2. The number of methoxy groups -OCH3 is 1. The lowest BCUT2D eigenvalue weighted by Crippen LogP contribution is -2.38. The van der Waals surface area contributed by atoms with Gasteiger partial charge in [-0.25, -0.2) is 0 Å². The van der Waals surface area contributed by atoms with Crippen LogP contribution >= 0.6 is 11.3 Å². The van der Waals surface area contributed by atoms with Gasteiger partial charge in [-0.2, -0.15) is 0 Å². The van der Waals surface area contributed by atoms with Crippen molar-refractivity contribution < 1.29 is 14.6 Å². The molecule has 4 nitrogen and oxygen atoms in total. The van der Waals surface area contributed by atoms with Crippen LogP contribution in [0.4, 0.5) is 0 Å². The molecule has 1 amide bonds. The molecular weight excluding hydrogens is 286 g/mol. The quantitative estimate of drug-likeness (QED) is 0.849. The third kappa shape index (κ3) is 4.80. The predicted molar refractivity (Wildman–Crippen MR) is 85.0 cm³/mol. The van der Waals surface area contributed by atoms with Crippen molar-refractivity contribution in [3.05, 3.63) is 21.4 Å². The molecule has 0 radical (unpaired) electrons. The van der Waals surface area contributed by atoms with E-state index in [9.17, 15) is 4.79 Å². The molecule has 1 aromatic rings. The van der Waals surface area contributed by atoms with Crippen LogP contribution in [0, 0.1) is 0 Å². The predicted octanol–water partition coefficient (Wildman–Crippen LogP) is 2.53. The minimum absolute atomic E-state index is 0.0396. The molecule has 1 unspecified atom stereocenters. The number of carbonyl (C=O) groups is 1. The first-order valence-corrected chi connectivity index (χ1v) is 8.58. The van der Waals surface area contributed by atoms with Gasteiger partial charge in [-0.1, -0.05) is 12.8 Å². The van der Waals surface area contributed by atoms with Crippen molar-refractivity contribution in [3.8, 4) is 0 Å². The zero-order valence-corrected chi connectivity index (χ0v) is 13.5. The number of aliphatic hydroxyl groups excluding tert-OH is 1. The minimum Gasteiger partial charge on any atom is -0.396 e. The van der Waals surface area contributed by atoms with E-state index in [1.807, 2.05) is 0 Å². The van der Waals surface area contributed by atoms with Crippen LogP contribution in [0.2, 0.25) is 0 Å². The van der Waals surface area contributed by atoms with Crippen LogP contribution in [0.1, 0.15) is 52.2 Å². The molecule has 1 aliphatic carbocycles. The molecule has 0 spiro atoms. The van der Waals surface area contributed by atoms with Gasteiger partial charge in [0.25, 0.3) is 5.91 Å². The van der Waals surface area contributed by atoms with Gasteiger partial charge in [0.05, 0.1) is 17.5 Å². The number of fused-ring (bicyclic) bond motifs is 1. The van der Waals surface area contributed by atoms with Gasteiger partial charge >= 0.3 is 0 Å². The molecular formula is C16H25NO3S. The molecule has 0 saturated carbocycles. The summed E-state index contributed by atoms with van der Waals surface area (Å²) in [5, 5.41) is 12.0. The van der Waals surface area contributed by atoms with Crippen molar-refractivity contribution in [2.45, 2.75) is 51.0 Å². The third-order valence-electron chi connectivity index (χ3n) is 3.90. The Balaban J connectivity index is 2.03. The molecule has 0 fully saturated rings. The topological polar surface area (TPSA) is 58.6 Å². The average Bonchev–Trinajstić information content (AvgIpc) is 2.82. The average molecular weight is 311 g/mol. The maximum Gasteiger partial charge on any atom is 0.261 e. The molecule has 0 aromatic carbocycles. The van der Waals surface area contributed by atoms with Crippen LogP contribution in [0.15, 0.2) is 6.07 Å². The molecule has 1 heterocycles. The summed E-state index contributed by atoms with van der Waals surface area (Å²) in [4.78, 5) is 14.5. The van der Waals surface area contributed by atoms with Gasteiger partial charge in [0.1, 0.15) is 0 Å². The summed E-state index contributed by atoms with van der Waals surface area (Å²) in [7, 11) is 1.60. The SMILES string of the molecule is COCC(CCO)NC(=O)c1cc2c(s1)CCCCCC2. The number of rotatable bonds is 6. The highest BCUT2D eigenvalue weighted by atomic mass is 32.1. The van der Waals surface area contributed by atoms with Crippen molar-refractivity contribution in [3.63, 3.8) is 0 Å². The van der Waals surface area contributed by atoms with Gasteiger partial charge in [0, 0.05) is 18.6 Å². The summed E-state index contributed by atoms with van der Waals surface area (Å²) in [5.74, 6) is -0.0396. The summed E-state index contributed by atoms with van der Waals surface area (Å²) < 4.78 is 5.09. The fourth-order valence-electron chi connectivity index (χ4n) is 2.77. The number of ether oxygens (including phenoxy) is 1. The Morgan fingerprint density at radius 2 is 2.14 bits per heavy atom. The second-order valence-electron chi connectivity index (χ2n) is 5.61. The highest BCUT2D eigenvalue weighted by Crippen LogP contribution is 2.28. The Labute approximate surface area is 130 Å². The number of nitrogens with one attached hydrogen (secondary N) is 1. The van der Waals surface area contributed by atoms with Crippen LogP contribution in [0.3, 0.4) is 0 Å². The first-order valence-electron chi connectivity index (χ1n) is 7.77. The smallest absolute Gasteiger partial charge is 0.261 e. The standard InChI is InChI=1S/C16H25NO3S/c1-20-11-13(8-9-18)17-16(19)15-10-12-6-4-2-3-5-7-14(12)21-15/h10,13,18H,2-9,11H2,1H3,(H,17,19). The zero-order valence-electron chi connectivity index (χ0n) is 12.7. The molecule has 5 heteroatoms. The van der Waals surface area contributed by atoms with Crippen molar-refractivity contribution in [2.24, 2.45) is 0 Å². The van der Waals surface area contributed by atoms with Crippen LogP contribution in [-0.4, -0.2) is 37.4 Å². The molecule has 21 heavy (non-hydrogen) atoms. The van der Waals surface area contributed by atoms with Crippen molar-refractivity contribution in [1.29, 1.82) is 0 Å². The maximum absolute atomic E-state index is 12.4. The number of thiophene rings is 1. The van der Waals surface area contributed by atoms with Gasteiger partial charge in [-0.3, -0.25) is 4.79 Å². The molecule has 1 atom stereocenters. The van der Waals surface area contributed by atoms with Gasteiger partial charge in [0.15, 0.2) is 0 Å². The number of aryl methyl sites for hydroxylation is 2. The minimum atomic E-state index is -0.128. The van der Waals surface area contributed by atoms with Crippen molar-refractivity contribution in [2.75, 3.05) is 20.3 Å². The number of carbonyl (C=O) groups excluding carboxylic acids is 1. The van der Waals surface area contributed by atoms with Crippen LogP contribution in [0.25, 0.3) is 0 Å². The largest absolute Gasteiger partial charge is 0.396 e. The van der Waals surface area contributed by atoms with E-state index in [-0.39, 0.29) is 18.6 Å². The number of hydrogen-bond acceptors (Lipinski definition) is 4. The van der Waals surface area contributed by atoms with E-state index in [4.69, 9.17) is 9.84 Å². The van der Waals surface area contributed by atoms with Crippen LogP contribution in [-0.2, 0) is 17.6 Å². The Morgan fingerprint density at radius 1 is 1.38 bits per heavy atom. The van der Waals surface area contributed by atoms with Gasteiger partial charge < -0.3 is 15.2 Å². The van der Waals surface area contributed by atoms with E-state index in [0.29, 0.717) is 13.0 Å². The van der Waals surface area contributed by atoms with E-state index in [1.54, 1.807) is 18.4 Å². The molecule has 118 valence electrons. The monoisotopic (exact) mass is 311 g/mol. The molecule has 0 saturated heterocycles. The van der Waals surface area contributed by atoms with Gasteiger partial charge in [-0.05, 0) is 43.7 Å². The Hall–Kier alpha value is -0.910.